The second kappa shape index (κ2) is 10.9. The Bertz CT molecular complexity index is 516. The van der Waals surface area contributed by atoms with Gasteiger partial charge in [-0.15, -0.1) is 0 Å². The maximum absolute atomic E-state index is 5.45. The summed E-state index contributed by atoms with van der Waals surface area (Å²) < 4.78 is 5.45. The summed E-state index contributed by atoms with van der Waals surface area (Å²) in [5.74, 6) is 1.74. The van der Waals surface area contributed by atoms with Crippen LogP contribution in [0.2, 0.25) is 0 Å². The lowest BCUT2D eigenvalue weighted by atomic mass is 10.1. The summed E-state index contributed by atoms with van der Waals surface area (Å²) in [5, 5.41) is 6.70. The smallest absolute Gasteiger partial charge is 0.191 e. The highest BCUT2D eigenvalue weighted by atomic mass is 16.5. The van der Waals surface area contributed by atoms with Gasteiger partial charge < -0.3 is 20.3 Å². The molecular weight excluding hydrogens is 300 g/mol. The van der Waals surface area contributed by atoms with Gasteiger partial charge in [0.25, 0.3) is 0 Å². The van der Waals surface area contributed by atoms with Gasteiger partial charge in [-0.25, -0.2) is 4.99 Å². The van der Waals surface area contributed by atoms with Gasteiger partial charge in [0, 0.05) is 31.2 Å². The third-order valence-electron chi connectivity index (χ3n) is 4.29. The number of nitrogens with zero attached hydrogens (tertiary/aromatic N) is 2. The van der Waals surface area contributed by atoms with Gasteiger partial charge in [0.15, 0.2) is 5.96 Å². The third kappa shape index (κ3) is 6.79. The number of rotatable bonds is 9. The van der Waals surface area contributed by atoms with Gasteiger partial charge in [-0.05, 0) is 45.9 Å². The van der Waals surface area contributed by atoms with Crippen LogP contribution in [0.1, 0.15) is 38.3 Å². The Morgan fingerprint density at radius 3 is 2.67 bits per heavy atom. The molecule has 0 heterocycles. The number of ether oxygens (including phenoxy) is 1. The summed E-state index contributed by atoms with van der Waals surface area (Å²) in [6, 6.07) is 6.82. The molecule has 0 aliphatic rings. The Labute approximate surface area is 147 Å². The fourth-order valence-corrected chi connectivity index (χ4v) is 2.37. The maximum atomic E-state index is 5.45. The lowest BCUT2D eigenvalue weighted by Gasteiger charge is -2.24. The van der Waals surface area contributed by atoms with Crippen molar-refractivity contribution in [1.29, 1.82) is 0 Å². The van der Waals surface area contributed by atoms with E-state index in [4.69, 9.17) is 4.74 Å². The molecule has 5 nitrogen and oxygen atoms in total. The molecule has 0 fully saturated rings. The van der Waals surface area contributed by atoms with Crippen LogP contribution in [0.5, 0.6) is 5.75 Å². The Morgan fingerprint density at radius 2 is 2.04 bits per heavy atom. The fraction of sp³-hybridized carbons (Fsp3) is 0.632. The van der Waals surface area contributed by atoms with Crippen molar-refractivity contribution < 1.29 is 4.74 Å². The SMILES string of the molecule is CCNC(=NCc1ccc(C)cc1OC)NCCN(C)C(C)CC. The van der Waals surface area contributed by atoms with Crippen LogP contribution in [0.25, 0.3) is 0 Å². The molecule has 1 unspecified atom stereocenters. The highest BCUT2D eigenvalue weighted by molar-refractivity contribution is 5.79. The molecule has 136 valence electrons. The zero-order valence-electron chi connectivity index (χ0n) is 16.1. The average Bonchev–Trinajstić information content (AvgIpc) is 2.59. The molecule has 5 heteroatoms. The molecule has 1 aromatic carbocycles. The second-order valence-electron chi connectivity index (χ2n) is 6.18. The maximum Gasteiger partial charge on any atom is 0.191 e. The van der Waals surface area contributed by atoms with Crippen LogP contribution in [0, 0.1) is 6.92 Å². The molecule has 0 radical (unpaired) electrons. The first-order valence-electron chi connectivity index (χ1n) is 8.87. The van der Waals surface area contributed by atoms with Gasteiger partial charge in [0.2, 0.25) is 0 Å². The van der Waals surface area contributed by atoms with Crippen LogP contribution >= 0.6 is 0 Å². The quantitative estimate of drug-likeness (QED) is 0.538. The molecule has 0 aliphatic heterocycles. The van der Waals surface area contributed by atoms with E-state index in [2.05, 4.69) is 67.4 Å². The topological polar surface area (TPSA) is 48.9 Å². The van der Waals surface area contributed by atoms with Crippen LogP contribution in [0.3, 0.4) is 0 Å². The minimum Gasteiger partial charge on any atom is -0.496 e. The van der Waals surface area contributed by atoms with Crippen molar-refractivity contribution in [2.24, 2.45) is 4.99 Å². The molecule has 0 saturated carbocycles. The summed E-state index contributed by atoms with van der Waals surface area (Å²) in [5.41, 5.74) is 2.29. The molecule has 0 saturated heterocycles. The minimum atomic E-state index is 0.597. The van der Waals surface area contributed by atoms with Gasteiger partial charge in [-0.1, -0.05) is 19.1 Å². The number of hydrogen-bond donors (Lipinski definition) is 2. The van der Waals surface area contributed by atoms with Crippen molar-refractivity contribution in [3.8, 4) is 5.75 Å². The van der Waals surface area contributed by atoms with Gasteiger partial charge in [0.05, 0.1) is 13.7 Å². The number of aliphatic imine (C=N–C) groups is 1. The Morgan fingerprint density at radius 1 is 1.29 bits per heavy atom. The van der Waals surface area contributed by atoms with E-state index in [0.29, 0.717) is 12.6 Å². The Hall–Kier alpha value is -1.75. The zero-order valence-corrected chi connectivity index (χ0v) is 16.1. The van der Waals surface area contributed by atoms with Crippen molar-refractivity contribution in [2.75, 3.05) is 33.8 Å². The highest BCUT2D eigenvalue weighted by Gasteiger charge is 2.07. The highest BCUT2D eigenvalue weighted by Crippen LogP contribution is 2.20. The van der Waals surface area contributed by atoms with E-state index in [1.165, 1.54) is 5.56 Å². The zero-order chi connectivity index (χ0) is 17.9. The number of likely N-dealkylation sites (N-methyl/N-ethyl adjacent to an activating group) is 1. The van der Waals surface area contributed by atoms with Crippen LogP contribution in [-0.4, -0.2) is 50.7 Å². The van der Waals surface area contributed by atoms with Crippen LogP contribution in [-0.2, 0) is 6.54 Å². The first kappa shape index (κ1) is 20.3. The summed E-state index contributed by atoms with van der Waals surface area (Å²) in [7, 11) is 3.87. The number of guanidine groups is 1. The van der Waals surface area contributed by atoms with Crippen molar-refractivity contribution in [3.05, 3.63) is 29.3 Å². The average molecular weight is 335 g/mol. The first-order valence-corrected chi connectivity index (χ1v) is 8.87. The molecular formula is C19H34N4O. The van der Waals surface area contributed by atoms with Gasteiger partial charge in [-0.2, -0.15) is 0 Å². The predicted octanol–water partition coefficient (Wildman–Crippen LogP) is 2.79. The van der Waals surface area contributed by atoms with Crippen LogP contribution < -0.4 is 15.4 Å². The number of nitrogens with one attached hydrogen (secondary N) is 2. The van der Waals surface area contributed by atoms with Crippen LogP contribution in [0.4, 0.5) is 0 Å². The van der Waals surface area contributed by atoms with Crippen LogP contribution in [0.15, 0.2) is 23.2 Å². The molecule has 1 aromatic rings. The lowest BCUT2D eigenvalue weighted by molar-refractivity contribution is 0.255. The predicted molar refractivity (Wildman–Crippen MR) is 103 cm³/mol. The molecule has 2 N–H and O–H groups in total. The van der Waals surface area contributed by atoms with E-state index in [9.17, 15) is 0 Å². The van der Waals surface area contributed by atoms with E-state index in [1.807, 2.05) is 6.07 Å². The van der Waals surface area contributed by atoms with E-state index in [0.717, 1.165) is 43.3 Å². The molecule has 0 amide bonds. The molecule has 24 heavy (non-hydrogen) atoms. The fourth-order valence-electron chi connectivity index (χ4n) is 2.37. The molecule has 0 bridgehead atoms. The van der Waals surface area contributed by atoms with E-state index < -0.39 is 0 Å². The lowest BCUT2D eigenvalue weighted by Crippen LogP contribution is -2.42. The van der Waals surface area contributed by atoms with Crippen molar-refractivity contribution in [2.45, 2.75) is 46.7 Å². The third-order valence-corrected chi connectivity index (χ3v) is 4.29. The first-order chi connectivity index (χ1) is 11.5. The summed E-state index contributed by atoms with van der Waals surface area (Å²) >= 11 is 0. The second-order valence-corrected chi connectivity index (χ2v) is 6.18. The van der Waals surface area contributed by atoms with E-state index in [-0.39, 0.29) is 0 Å². The van der Waals surface area contributed by atoms with Crippen molar-refractivity contribution in [1.82, 2.24) is 15.5 Å². The summed E-state index contributed by atoms with van der Waals surface area (Å²) in [6.45, 7) is 11.9. The van der Waals surface area contributed by atoms with Gasteiger partial charge in [0.1, 0.15) is 5.75 Å². The molecule has 1 rings (SSSR count). The van der Waals surface area contributed by atoms with Crippen molar-refractivity contribution >= 4 is 5.96 Å². The van der Waals surface area contributed by atoms with E-state index >= 15 is 0 Å². The van der Waals surface area contributed by atoms with Gasteiger partial charge >= 0.3 is 0 Å². The normalized spacial score (nSPS) is 13.0. The molecule has 0 spiro atoms. The monoisotopic (exact) mass is 334 g/mol. The standard InChI is InChI=1S/C19H34N4O/c1-7-16(4)23(5)12-11-21-19(20-8-2)22-14-17-10-9-15(3)13-18(17)24-6/h9-10,13,16H,7-8,11-12,14H2,1-6H3,(H2,20,21,22). The minimum absolute atomic E-state index is 0.597. The van der Waals surface area contributed by atoms with E-state index in [1.54, 1.807) is 7.11 Å². The van der Waals surface area contributed by atoms with Crippen molar-refractivity contribution in [3.63, 3.8) is 0 Å². The number of hydrogen-bond acceptors (Lipinski definition) is 3. The summed E-state index contributed by atoms with van der Waals surface area (Å²) in [4.78, 5) is 7.04. The molecule has 1 atom stereocenters. The number of aryl methyl sites for hydroxylation is 1. The van der Waals surface area contributed by atoms with Gasteiger partial charge in [-0.3, -0.25) is 0 Å². The largest absolute Gasteiger partial charge is 0.496 e. The Balaban J connectivity index is 2.62. The molecule has 0 aliphatic carbocycles. The number of benzene rings is 1. The number of methoxy groups -OCH3 is 1. The molecule has 0 aromatic heterocycles. The Kier molecular flexibility index (Phi) is 9.23. The summed E-state index contributed by atoms with van der Waals surface area (Å²) in [6.07, 6.45) is 1.16.